The van der Waals surface area contributed by atoms with Gasteiger partial charge in [0.2, 0.25) is 0 Å². The molecule has 24 heavy (non-hydrogen) atoms. The van der Waals surface area contributed by atoms with Gasteiger partial charge in [0.15, 0.2) is 0 Å². The molecule has 0 aromatic heterocycles. The number of benzene rings is 2. The molecule has 1 aliphatic rings. The molecule has 1 aliphatic carbocycles. The molecule has 0 heterocycles. The highest BCUT2D eigenvalue weighted by Gasteiger charge is 2.31. The van der Waals surface area contributed by atoms with Gasteiger partial charge >= 0.3 is 0 Å². The number of hydrogen-bond donors (Lipinski definition) is 2. The highest BCUT2D eigenvalue weighted by Crippen LogP contribution is 2.26. The van der Waals surface area contributed by atoms with Crippen LogP contribution in [-0.2, 0) is 13.1 Å². The zero-order valence-corrected chi connectivity index (χ0v) is 14.1. The second kappa shape index (κ2) is 8.43. The van der Waals surface area contributed by atoms with E-state index in [1.807, 2.05) is 12.1 Å². The van der Waals surface area contributed by atoms with E-state index in [-0.39, 0.29) is 5.92 Å². The van der Waals surface area contributed by atoms with Crippen molar-refractivity contribution in [3.05, 3.63) is 71.8 Å². The lowest BCUT2D eigenvalue weighted by Crippen LogP contribution is -2.43. The zero-order valence-electron chi connectivity index (χ0n) is 14.1. The lowest BCUT2D eigenvalue weighted by molar-refractivity contribution is -0.0542. The van der Waals surface area contributed by atoms with Gasteiger partial charge in [-0.2, -0.15) is 0 Å². The van der Waals surface area contributed by atoms with E-state index < -0.39 is 12.2 Å². The topological polar surface area (TPSA) is 43.7 Å². The summed E-state index contributed by atoms with van der Waals surface area (Å²) in [6, 6.07) is 20.9. The Hall–Kier alpha value is -1.68. The molecule has 2 N–H and O–H groups in total. The Morgan fingerprint density at radius 2 is 1.33 bits per heavy atom. The third-order valence-electron chi connectivity index (χ3n) is 4.94. The van der Waals surface area contributed by atoms with Crippen LogP contribution in [0.15, 0.2) is 60.7 Å². The number of aliphatic hydroxyl groups excluding tert-OH is 2. The molecule has 0 amide bonds. The van der Waals surface area contributed by atoms with E-state index in [0.717, 1.165) is 38.9 Å². The first-order valence-electron chi connectivity index (χ1n) is 8.88. The first kappa shape index (κ1) is 17.2. The van der Waals surface area contributed by atoms with Crippen LogP contribution < -0.4 is 0 Å². The van der Waals surface area contributed by atoms with Crippen molar-refractivity contribution in [2.45, 2.75) is 44.6 Å². The monoisotopic (exact) mass is 325 g/mol. The summed E-state index contributed by atoms with van der Waals surface area (Å²) >= 11 is 0. The maximum Gasteiger partial charge on any atom is 0.0839 e. The maximum absolute atomic E-state index is 10.3. The van der Waals surface area contributed by atoms with Crippen molar-refractivity contribution in [2.75, 3.05) is 6.54 Å². The zero-order chi connectivity index (χ0) is 16.8. The minimum Gasteiger partial charge on any atom is -0.390 e. The first-order chi connectivity index (χ1) is 11.7. The fourth-order valence-corrected chi connectivity index (χ4v) is 3.64. The Labute approximate surface area is 144 Å². The average Bonchev–Trinajstić information content (AvgIpc) is 2.61. The van der Waals surface area contributed by atoms with E-state index in [9.17, 15) is 10.2 Å². The number of nitrogens with zero attached hydrogens (tertiary/aromatic N) is 1. The molecular weight excluding hydrogens is 298 g/mol. The summed E-state index contributed by atoms with van der Waals surface area (Å²) in [6.07, 6.45) is 1.52. The van der Waals surface area contributed by atoms with Crippen molar-refractivity contribution < 1.29 is 10.2 Å². The molecule has 3 nitrogen and oxygen atoms in total. The molecule has 1 fully saturated rings. The summed E-state index contributed by atoms with van der Waals surface area (Å²) in [7, 11) is 0. The third kappa shape index (κ3) is 4.67. The fraction of sp³-hybridized carbons (Fsp3) is 0.429. The minimum absolute atomic E-state index is 0.140. The first-order valence-corrected chi connectivity index (χ1v) is 8.88. The molecule has 0 aliphatic heterocycles. The highest BCUT2D eigenvalue weighted by molar-refractivity contribution is 5.17. The molecule has 2 aromatic rings. The summed E-state index contributed by atoms with van der Waals surface area (Å²) in [5.74, 6) is 0.140. The lowest BCUT2D eigenvalue weighted by Gasteiger charge is -2.35. The van der Waals surface area contributed by atoms with Gasteiger partial charge in [0.05, 0.1) is 12.2 Å². The summed E-state index contributed by atoms with van der Waals surface area (Å²) in [4.78, 5) is 2.39. The standard InChI is InChI=1S/C21H27NO2/c23-20-13-7-12-19(21(20)24)16-22(14-17-8-3-1-4-9-17)15-18-10-5-2-6-11-18/h1-6,8-11,19-21,23-24H,7,12-16H2/t19-,20+,21+/m0/s1. The Kier molecular flexibility index (Phi) is 6.02. The molecule has 0 unspecified atom stereocenters. The SMILES string of the molecule is O[C@@H]1[C@H](CN(Cc2ccccc2)Cc2ccccc2)CCC[C@H]1O. The number of aliphatic hydroxyl groups is 2. The van der Waals surface area contributed by atoms with Gasteiger partial charge in [-0.3, -0.25) is 4.90 Å². The molecular formula is C21H27NO2. The molecule has 0 bridgehead atoms. The van der Waals surface area contributed by atoms with Gasteiger partial charge in [0.1, 0.15) is 0 Å². The number of rotatable bonds is 6. The Morgan fingerprint density at radius 1 is 0.792 bits per heavy atom. The lowest BCUT2D eigenvalue weighted by atomic mass is 9.84. The van der Waals surface area contributed by atoms with Crippen LogP contribution in [0.5, 0.6) is 0 Å². The van der Waals surface area contributed by atoms with E-state index >= 15 is 0 Å². The van der Waals surface area contributed by atoms with Crippen LogP contribution in [0.4, 0.5) is 0 Å². The molecule has 0 radical (unpaired) electrons. The number of hydrogen-bond acceptors (Lipinski definition) is 3. The van der Waals surface area contributed by atoms with Gasteiger partial charge in [0.25, 0.3) is 0 Å². The van der Waals surface area contributed by atoms with Gasteiger partial charge in [-0.05, 0) is 24.0 Å². The van der Waals surface area contributed by atoms with Crippen LogP contribution in [0.2, 0.25) is 0 Å². The van der Waals surface area contributed by atoms with Crippen LogP contribution >= 0.6 is 0 Å². The summed E-state index contributed by atoms with van der Waals surface area (Å²) < 4.78 is 0. The van der Waals surface area contributed by atoms with Crippen LogP contribution in [0.1, 0.15) is 30.4 Å². The highest BCUT2D eigenvalue weighted by atomic mass is 16.3. The summed E-state index contributed by atoms with van der Waals surface area (Å²) in [5, 5.41) is 20.3. The molecule has 1 saturated carbocycles. The van der Waals surface area contributed by atoms with Crippen molar-refractivity contribution in [3.63, 3.8) is 0 Å². The van der Waals surface area contributed by atoms with Gasteiger partial charge in [-0.15, -0.1) is 0 Å². The molecule has 3 atom stereocenters. The average molecular weight is 325 g/mol. The van der Waals surface area contributed by atoms with Crippen LogP contribution in [0.25, 0.3) is 0 Å². The largest absolute Gasteiger partial charge is 0.390 e. The third-order valence-corrected chi connectivity index (χ3v) is 4.94. The van der Waals surface area contributed by atoms with Crippen molar-refractivity contribution in [3.8, 4) is 0 Å². The fourth-order valence-electron chi connectivity index (χ4n) is 3.64. The summed E-state index contributed by atoms with van der Waals surface area (Å²) in [6.45, 7) is 2.52. The van der Waals surface area contributed by atoms with Crippen LogP contribution in [0, 0.1) is 5.92 Å². The van der Waals surface area contributed by atoms with E-state index in [1.165, 1.54) is 11.1 Å². The quantitative estimate of drug-likeness (QED) is 0.857. The summed E-state index contributed by atoms with van der Waals surface area (Å²) in [5.41, 5.74) is 2.55. The molecule has 2 aromatic carbocycles. The Balaban J connectivity index is 1.71. The van der Waals surface area contributed by atoms with Crippen LogP contribution in [-0.4, -0.2) is 33.9 Å². The van der Waals surface area contributed by atoms with E-state index in [0.29, 0.717) is 0 Å². The van der Waals surface area contributed by atoms with Crippen molar-refractivity contribution in [1.29, 1.82) is 0 Å². The van der Waals surface area contributed by atoms with Gasteiger partial charge in [-0.1, -0.05) is 67.1 Å². The molecule has 0 saturated heterocycles. The smallest absolute Gasteiger partial charge is 0.0839 e. The van der Waals surface area contributed by atoms with E-state index in [4.69, 9.17) is 0 Å². The second-order valence-corrected chi connectivity index (χ2v) is 6.89. The van der Waals surface area contributed by atoms with Gasteiger partial charge in [0, 0.05) is 25.6 Å². The van der Waals surface area contributed by atoms with E-state index in [2.05, 4.69) is 53.4 Å². The molecule has 0 spiro atoms. The van der Waals surface area contributed by atoms with Crippen molar-refractivity contribution >= 4 is 0 Å². The predicted octanol–water partition coefficient (Wildman–Crippen LogP) is 3.21. The van der Waals surface area contributed by atoms with E-state index in [1.54, 1.807) is 0 Å². The normalized spacial score (nSPS) is 24.2. The molecule has 3 heteroatoms. The van der Waals surface area contributed by atoms with Gasteiger partial charge < -0.3 is 10.2 Å². The predicted molar refractivity (Wildman–Crippen MR) is 96.4 cm³/mol. The minimum atomic E-state index is -0.604. The Morgan fingerprint density at radius 3 is 1.88 bits per heavy atom. The maximum atomic E-state index is 10.3. The van der Waals surface area contributed by atoms with Gasteiger partial charge in [-0.25, -0.2) is 0 Å². The molecule has 3 rings (SSSR count). The van der Waals surface area contributed by atoms with Crippen molar-refractivity contribution in [1.82, 2.24) is 4.90 Å². The Bertz CT molecular complexity index is 560. The molecule has 128 valence electrons. The van der Waals surface area contributed by atoms with Crippen LogP contribution in [0.3, 0.4) is 0 Å². The second-order valence-electron chi connectivity index (χ2n) is 6.89. The van der Waals surface area contributed by atoms with Crippen molar-refractivity contribution in [2.24, 2.45) is 5.92 Å².